The van der Waals surface area contributed by atoms with Crippen molar-refractivity contribution in [3.8, 4) is 5.75 Å². The van der Waals surface area contributed by atoms with Gasteiger partial charge in [-0.1, -0.05) is 12.1 Å². The fraction of sp³-hybridized carbons (Fsp3) is 0.435. The van der Waals surface area contributed by atoms with Crippen LogP contribution in [-0.4, -0.2) is 60.2 Å². The molecule has 2 N–H and O–H groups in total. The summed E-state index contributed by atoms with van der Waals surface area (Å²) in [6.45, 7) is 5.00. The van der Waals surface area contributed by atoms with Gasteiger partial charge in [0.25, 0.3) is 11.5 Å². The molecule has 0 saturated carbocycles. The maximum absolute atomic E-state index is 12.8. The van der Waals surface area contributed by atoms with Gasteiger partial charge in [0, 0.05) is 32.3 Å². The summed E-state index contributed by atoms with van der Waals surface area (Å²) < 4.78 is 16.8. The molecule has 9 nitrogen and oxygen atoms in total. The van der Waals surface area contributed by atoms with E-state index in [2.05, 4.69) is 27.2 Å². The molecular formula is C23H28N4O5. The van der Waals surface area contributed by atoms with Crippen molar-refractivity contribution in [2.24, 2.45) is 0 Å². The van der Waals surface area contributed by atoms with E-state index in [0.29, 0.717) is 25.0 Å². The number of nitrogens with one attached hydrogen (secondary N) is 2. The Bertz CT molecular complexity index is 1130. The van der Waals surface area contributed by atoms with E-state index >= 15 is 0 Å². The highest BCUT2D eigenvalue weighted by molar-refractivity contribution is 6.06. The Morgan fingerprint density at radius 2 is 2.16 bits per heavy atom. The van der Waals surface area contributed by atoms with Crippen LogP contribution in [0, 0.1) is 6.92 Å². The minimum Gasteiger partial charge on any atom is -0.492 e. The van der Waals surface area contributed by atoms with Crippen LogP contribution in [0.5, 0.6) is 5.75 Å². The molecule has 32 heavy (non-hydrogen) atoms. The number of aromatic nitrogens is 2. The van der Waals surface area contributed by atoms with Gasteiger partial charge in [-0.3, -0.25) is 14.5 Å². The van der Waals surface area contributed by atoms with Crippen molar-refractivity contribution >= 4 is 17.0 Å². The molecule has 0 radical (unpaired) electrons. The van der Waals surface area contributed by atoms with Crippen molar-refractivity contribution in [3.05, 3.63) is 57.8 Å². The van der Waals surface area contributed by atoms with Crippen LogP contribution in [-0.2, 0) is 11.3 Å². The zero-order valence-electron chi connectivity index (χ0n) is 18.3. The second-order valence-electron chi connectivity index (χ2n) is 7.95. The number of amides is 1. The van der Waals surface area contributed by atoms with Crippen molar-refractivity contribution in [2.45, 2.75) is 32.4 Å². The van der Waals surface area contributed by atoms with Gasteiger partial charge >= 0.3 is 0 Å². The topological polar surface area (TPSA) is 110 Å². The minimum absolute atomic E-state index is 0.150. The molecule has 1 aromatic carbocycles. The number of rotatable bonds is 8. The summed E-state index contributed by atoms with van der Waals surface area (Å²) in [6, 6.07) is 8.16. The number of carbonyl (C=O) groups is 1. The highest BCUT2D eigenvalue weighted by atomic mass is 16.5. The monoisotopic (exact) mass is 440 g/mol. The number of fused-ring (bicyclic) bond motifs is 1. The fourth-order valence-electron chi connectivity index (χ4n) is 3.96. The first-order valence-corrected chi connectivity index (χ1v) is 10.8. The van der Waals surface area contributed by atoms with E-state index in [1.54, 1.807) is 6.92 Å². The molecule has 1 aliphatic heterocycles. The van der Waals surface area contributed by atoms with Gasteiger partial charge in [0.2, 0.25) is 5.71 Å². The molecule has 1 aliphatic rings. The molecule has 0 aliphatic carbocycles. The first kappa shape index (κ1) is 22.0. The molecule has 0 atom stereocenters. The second kappa shape index (κ2) is 9.97. The molecule has 2 aromatic heterocycles. The average Bonchev–Trinajstić information content (AvgIpc) is 3.15. The number of furan rings is 1. The molecule has 0 spiro atoms. The van der Waals surface area contributed by atoms with Crippen molar-refractivity contribution in [2.75, 3.05) is 33.4 Å². The van der Waals surface area contributed by atoms with Crippen molar-refractivity contribution < 1.29 is 18.7 Å². The number of hydrogen-bond donors (Lipinski definition) is 2. The molecule has 1 saturated heterocycles. The molecule has 4 rings (SSSR count). The summed E-state index contributed by atoms with van der Waals surface area (Å²) >= 11 is 0. The van der Waals surface area contributed by atoms with Gasteiger partial charge in [0.05, 0.1) is 11.9 Å². The zero-order valence-corrected chi connectivity index (χ0v) is 18.3. The van der Waals surface area contributed by atoms with Crippen molar-refractivity contribution in [1.29, 1.82) is 0 Å². The Kier molecular flexibility index (Phi) is 6.87. The molecule has 1 amide bonds. The molecule has 3 aromatic rings. The summed E-state index contributed by atoms with van der Waals surface area (Å²) in [4.78, 5) is 33.7. The molecule has 0 bridgehead atoms. The first-order valence-electron chi connectivity index (χ1n) is 10.8. The van der Waals surface area contributed by atoms with Crippen molar-refractivity contribution in [3.63, 3.8) is 0 Å². The summed E-state index contributed by atoms with van der Waals surface area (Å²) in [6.07, 6.45) is 3.36. The van der Waals surface area contributed by atoms with Crippen LogP contribution in [0.25, 0.3) is 11.1 Å². The predicted molar refractivity (Wildman–Crippen MR) is 119 cm³/mol. The lowest BCUT2D eigenvalue weighted by molar-refractivity contribution is 0.0392. The number of hydrogen-bond acceptors (Lipinski definition) is 7. The number of ether oxygens (including phenoxy) is 2. The van der Waals surface area contributed by atoms with E-state index in [-0.39, 0.29) is 22.6 Å². The summed E-state index contributed by atoms with van der Waals surface area (Å²) in [7, 11) is 2.12. The number of benzene rings is 1. The Morgan fingerprint density at radius 1 is 1.34 bits per heavy atom. The van der Waals surface area contributed by atoms with Crippen LogP contribution >= 0.6 is 0 Å². The number of carbonyl (C=O) groups excluding carboxylic acids is 1. The third kappa shape index (κ3) is 5.00. The zero-order chi connectivity index (χ0) is 22.5. The summed E-state index contributed by atoms with van der Waals surface area (Å²) in [5.74, 6) is 0.722. The van der Waals surface area contributed by atoms with Gasteiger partial charge in [-0.15, -0.1) is 0 Å². The normalized spacial score (nSPS) is 14.7. The molecular weight excluding hydrogens is 412 g/mol. The third-order valence-electron chi connectivity index (χ3n) is 5.78. The highest BCUT2D eigenvalue weighted by Gasteiger charge is 2.21. The molecule has 3 heterocycles. The smallest absolute Gasteiger partial charge is 0.262 e. The number of aromatic amines is 1. The first-order chi connectivity index (χ1) is 15.5. The van der Waals surface area contributed by atoms with E-state index in [4.69, 9.17) is 13.9 Å². The Balaban J connectivity index is 1.33. The minimum atomic E-state index is -0.405. The van der Waals surface area contributed by atoms with Gasteiger partial charge in [0.1, 0.15) is 23.5 Å². The maximum Gasteiger partial charge on any atom is 0.262 e. The van der Waals surface area contributed by atoms with E-state index in [1.807, 2.05) is 24.3 Å². The second-order valence-corrected chi connectivity index (χ2v) is 7.95. The van der Waals surface area contributed by atoms with Gasteiger partial charge in [-0.25, -0.2) is 4.98 Å². The molecule has 170 valence electrons. The SMILES string of the molecule is Cc1oc2nc[nH]c(=O)c2c1C(=O)NCc1cccc(OCCN(C)C2CCOCC2)c1. The number of aryl methyl sites for hydroxylation is 1. The highest BCUT2D eigenvalue weighted by Crippen LogP contribution is 2.21. The number of H-pyrrole nitrogens is 1. The number of nitrogens with zero attached hydrogens (tertiary/aromatic N) is 2. The standard InChI is InChI=1S/C23H28N4O5/c1-15-19(20-22(29)25-14-26-23(20)32-15)21(28)24-13-16-4-3-5-18(12-16)31-11-8-27(2)17-6-9-30-10-7-17/h3-5,12,14,17H,6-11,13H2,1-2H3,(H,24,28)(H,25,26,29). The maximum atomic E-state index is 12.8. The van der Waals surface area contributed by atoms with Gasteiger partial charge < -0.3 is 24.2 Å². The van der Waals surface area contributed by atoms with E-state index in [0.717, 1.165) is 43.9 Å². The Hall–Kier alpha value is -3.17. The van der Waals surface area contributed by atoms with Crippen LogP contribution in [0.3, 0.4) is 0 Å². The van der Waals surface area contributed by atoms with Gasteiger partial charge in [0.15, 0.2) is 0 Å². The van der Waals surface area contributed by atoms with Gasteiger partial charge in [-0.2, -0.15) is 0 Å². The van der Waals surface area contributed by atoms with E-state index < -0.39 is 5.56 Å². The molecule has 0 unspecified atom stereocenters. The quantitative estimate of drug-likeness (QED) is 0.553. The third-order valence-corrected chi connectivity index (χ3v) is 5.78. The summed E-state index contributed by atoms with van der Waals surface area (Å²) in [5.41, 5.74) is 0.847. The largest absolute Gasteiger partial charge is 0.492 e. The lowest BCUT2D eigenvalue weighted by Gasteiger charge is -2.31. The predicted octanol–water partition coefficient (Wildman–Crippen LogP) is 2.24. The van der Waals surface area contributed by atoms with Crippen LogP contribution < -0.4 is 15.6 Å². The van der Waals surface area contributed by atoms with Crippen LogP contribution in [0.2, 0.25) is 0 Å². The average molecular weight is 441 g/mol. The Labute approximate surface area is 185 Å². The lowest BCUT2D eigenvalue weighted by atomic mass is 10.1. The Morgan fingerprint density at radius 3 is 2.97 bits per heavy atom. The van der Waals surface area contributed by atoms with Crippen LogP contribution in [0.15, 0.2) is 39.8 Å². The molecule has 1 fully saturated rings. The van der Waals surface area contributed by atoms with Crippen LogP contribution in [0.1, 0.15) is 34.5 Å². The van der Waals surface area contributed by atoms with E-state index in [9.17, 15) is 9.59 Å². The van der Waals surface area contributed by atoms with E-state index in [1.165, 1.54) is 6.33 Å². The fourth-order valence-corrected chi connectivity index (χ4v) is 3.96. The number of likely N-dealkylation sites (N-methyl/N-ethyl adjacent to an activating group) is 1. The summed E-state index contributed by atoms with van der Waals surface area (Å²) in [5, 5.41) is 3.01. The van der Waals surface area contributed by atoms with Crippen LogP contribution in [0.4, 0.5) is 0 Å². The lowest BCUT2D eigenvalue weighted by Crippen LogP contribution is -2.38. The van der Waals surface area contributed by atoms with Crippen molar-refractivity contribution in [1.82, 2.24) is 20.2 Å². The van der Waals surface area contributed by atoms with Gasteiger partial charge in [-0.05, 0) is 44.5 Å². The molecule has 9 heteroatoms.